The zero-order chi connectivity index (χ0) is 12.4. The van der Waals surface area contributed by atoms with Crippen molar-refractivity contribution >= 4 is 0 Å². The Labute approximate surface area is 104 Å². The second-order valence-corrected chi connectivity index (χ2v) is 5.38. The molecule has 94 valence electrons. The maximum atomic E-state index is 9.98. The zero-order valence-electron chi connectivity index (χ0n) is 11.1. The van der Waals surface area contributed by atoms with Gasteiger partial charge in [0.25, 0.3) is 0 Å². The van der Waals surface area contributed by atoms with Gasteiger partial charge in [-0.15, -0.1) is 0 Å². The molecule has 1 aliphatic carbocycles. The molecule has 2 nitrogen and oxygen atoms in total. The average molecular weight is 233 g/mol. The van der Waals surface area contributed by atoms with Gasteiger partial charge in [-0.25, -0.2) is 0 Å². The molecule has 0 spiro atoms. The summed E-state index contributed by atoms with van der Waals surface area (Å²) in [6.45, 7) is 5.14. The van der Waals surface area contributed by atoms with Crippen LogP contribution < -0.4 is 0 Å². The molecule has 2 rings (SSSR count). The predicted octanol–water partition coefficient (Wildman–Crippen LogP) is 2.76. The van der Waals surface area contributed by atoms with E-state index in [1.807, 2.05) is 0 Å². The van der Waals surface area contributed by atoms with Crippen LogP contribution in [0.15, 0.2) is 24.3 Å². The van der Waals surface area contributed by atoms with Crippen LogP contribution in [-0.4, -0.2) is 29.7 Å². The fourth-order valence-corrected chi connectivity index (χ4v) is 2.38. The van der Waals surface area contributed by atoms with E-state index in [-0.39, 0.29) is 6.10 Å². The SMILES string of the molecule is Cc1ccccc1C(C)N(C)CC(O)C1CC1. The number of nitrogens with zero attached hydrogens (tertiary/aromatic N) is 1. The average Bonchev–Trinajstić information content (AvgIpc) is 3.12. The van der Waals surface area contributed by atoms with Crippen LogP contribution in [0.4, 0.5) is 0 Å². The van der Waals surface area contributed by atoms with Crippen molar-refractivity contribution in [3.8, 4) is 0 Å². The van der Waals surface area contributed by atoms with Gasteiger partial charge in [0.2, 0.25) is 0 Å². The monoisotopic (exact) mass is 233 g/mol. The molecule has 1 aromatic rings. The summed E-state index contributed by atoms with van der Waals surface area (Å²) in [5.74, 6) is 0.557. The zero-order valence-corrected chi connectivity index (χ0v) is 11.1. The minimum absolute atomic E-state index is 0.147. The van der Waals surface area contributed by atoms with Gasteiger partial charge < -0.3 is 5.11 Å². The predicted molar refractivity (Wildman–Crippen MR) is 71.0 cm³/mol. The van der Waals surface area contributed by atoms with Crippen LogP contribution in [0.1, 0.15) is 36.9 Å². The summed E-state index contributed by atoms with van der Waals surface area (Å²) in [5.41, 5.74) is 2.69. The van der Waals surface area contributed by atoms with Crippen molar-refractivity contribution in [1.29, 1.82) is 0 Å². The summed E-state index contributed by atoms with van der Waals surface area (Å²) in [5, 5.41) is 9.98. The van der Waals surface area contributed by atoms with Crippen molar-refractivity contribution < 1.29 is 5.11 Å². The van der Waals surface area contributed by atoms with Crippen molar-refractivity contribution in [3.05, 3.63) is 35.4 Å². The van der Waals surface area contributed by atoms with Gasteiger partial charge in [0.15, 0.2) is 0 Å². The van der Waals surface area contributed by atoms with E-state index in [1.54, 1.807) is 0 Å². The normalized spacial score (nSPS) is 19.4. The molecule has 0 radical (unpaired) electrons. The summed E-state index contributed by atoms with van der Waals surface area (Å²) in [6, 6.07) is 8.86. The number of hydrogen-bond donors (Lipinski definition) is 1. The van der Waals surface area contributed by atoms with E-state index in [1.165, 1.54) is 24.0 Å². The van der Waals surface area contributed by atoms with E-state index >= 15 is 0 Å². The number of likely N-dealkylation sites (N-methyl/N-ethyl adjacent to an activating group) is 1. The molecule has 0 amide bonds. The van der Waals surface area contributed by atoms with E-state index in [9.17, 15) is 5.11 Å². The Balaban J connectivity index is 1.98. The molecule has 1 fully saturated rings. The van der Waals surface area contributed by atoms with Gasteiger partial charge in [-0.1, -0.05) is 24.3 Å². The summed E-state index contributed by atoms with van der Waals surface area (Å²) in [4.78, 5) is 2.26. The first-order valence-electron chi connectivity index (χ1n) is 6.53. The molecule has 1 aromatic carbocycles. The quantitative estimate of drug-likeness (QED) is 0.845. The molecule has 2 heteroatoms. The van der Waals surface area contributed by atoms with Gasteiger partial charge in [-0.2, -0.15) is 0 Å². The molecule has 2 atom stereocenters. The minimum Gasteiger partial charge on any atom is -0.392 e. The molecule has 0 aliphatic heterocycles. The first kappa shape index (κ1) is 12.6. The number of benzene rings is 1. The van der Waals surface area contributed by atoms with Crippen LogP contribution in [0, 0.1) is 12.8 Å². The summed E-state index contributed by atoms with van der Waals surface area (Å²) < 4.78 is 0. The molecule has 1 N–H and O–H groups in total. The van der Waals surface area contributed by atoms with Crippen LogP contribution in [0.25, 0.3) is 0 Å². The van der Waals surface area contributed by atoms with Crippen molar-refractivity contribution in [2.45, 2.75) is 38.8 Å². The first-order chi connectivity index (χ1) is 8.09. The Hall–Kier alpha value is -0.860. The fourth-order valence-electron chi connectivity index (χ4n) is 2.38. The Morgan fingerprint density at radius 2 is 2.00 bits per heavy atom. The molecule has 0 heterocycles. The summed E-state index contributed by atoms with van der Waals surface area (Å²) in [6.07, 6.45) is 2.26. The number of rotatable bonds is 5. The molecule has 2 unspecified atom stereocenters. The van der Waals surface area contributed by atoms with Gasteiger partial charge >= 0.3 is 0 Å². The second kappa shape index (κ2) is 5.19. The van der Waals surface area contributed by atoms with E-state index in [0.717, 1.165) is 6.54 Å². The number of aliphatic hydroxyl groups is 1. The van der Waals surface area contributed by atoms with E-state index in [0.29, 0.717) is 12.0 Å². The smallest absolute Gasteiger partial charge is 0.0695 e. The Morgan fingerprint density at radius 1 is 1.35 bits per heavy atom. The third kappa shape index (κ3) is 3.08. The highest BCUT2D eigenvalue weighted by Crippen LogP contribution is 2.33. The van der Waals surface area contributed by atoms with Gasteiger partial charge in [0.1, 0.15) is 0 Å². The molecule has 0 bridgehead atoms. The van der Waals surface area contributed by atoms with Gasteiger partial charge in [-0.05, 0) is 50.8 Å². The highest BCUT2D eigenvalue weighted by atomic mass is 16.3. The second-order valence-electron chi connectivity index (χ2n) is 5.38. The molecule has 1 aliphatic rings. The van der Waals surface area contributed by atoms with Crippen molar-refractivity contribution in [2.75, 3.05) is 13.6 Å². The van der Waals surface area contributed by atoms with E-state index < -0.39 is 0 Å². The van der Waals surface area contributed by atoms with Crippen molar-refractivity contribution in [1.82, 2.24) is 4.90 Å². The van der Waals surface area contributed by atoms with E-state index in [4.69, 9.17) is 0 Å². The standard InChI is InChI=1S/C15H23NO/c1-11-6-4-5-7-14(11)12(2)16(3)10-15(17)13-8-9-13/h4-7,12-13,15,17H,8-10H2,1-3H3. The largest absolute Gasteiger partial charge is 0.392 e. The number of aryl methyl sites for hydroxylation is 1. The highest BCUT2D eigenvalue weighted by Gasteiger charge is 2.31. The van der Waals surface area contributed by atoms with Gasteiger partial charge in [0.05, 0.1) is 6.10 Å². The van der Waals surface area contributed by atoms with Crippen LogP contribution >= 0.6 is 0 Å². The minimum atomic E-state index is -0.147. The lowest BCUT2D eigenvalue weighted by atomic mass is 10.0. The third-order valence-electron chi connectivity index (χ3n) is 3.94. The highest BCUT2D eigenvalue weighted by molar-refractivity contribution is 5.28. The Bertz CT molecular complexity index is 373. The van der Waals surface area contributed by atoms with Crippen molar-refractivity contribution in [2.24, 2.45) is 5.92 Å². The molecule has 1 saturated carbocycles. The lowest BCUT2D eigenvalue weighted by Crippen LogP contribution is -2.32. The molecular formula is C15H23NO. The molecule has 17 heavy (non-hydrogen) atoms. The fraction of sp³-hybridized carbons (Fsp3) is 0.600. The van der Waals surface area contributed by atoms with Gasteiger partial charge in [0, 0.05) is 12.6 Å². The maximum Gasteiger partial charge on any atom is 0.0695 e. The number of aliphatic hydroxyl groups excluding tert-OH is 1. The first-order valence-corrected chi connectivity index (χ1v) is 6.53. The lowest BCUT2D eigenvalue weighted by Gasteiger charge is -2.28. The van der Waals surface area contributed by atoms with Crippen molar-refractivity contribution in [3.63, 3.8) is 0 Å². The molecule has 0 saturated heterocycles. The summed E-state index contributed by atoms with van der Waals surface area (Å²) in [7, 11) is 2.10. The van der Waals surface area contributed by atoms with Crippen LogP contribution in [0.2, 0.25) is 0 Å². The summed E-state index contributed by atoms with van der Waals surface area (Å²) >= 11 is 0. The third-order valence-corrected chi connectivity index (χ3v) is 3.94. The Morgan fingerprint density at radius 3 is 2.59 bits per heavy atom. The Kier molecular flexibility index (Phi) is 3.85. The number of hydrogen-bond acceptors (Lipinski definition) is 2. The van der Waals surface area contributed by atoms with Crippen LogP contribution in [0.3, 0.4) is 0 Å². The molecular weight excluding hydrogens is 210 g/mol. The van der Waals surface area contributed by atoms with Crippen LogP contribution in [0.5, 0.6) is 0 Å². The maximum absolute atomic E-state index is 9.98. The van der Waals surface area contributed by atoms with Crippen LogP contribution in [-0.2, 0) is 0 Å². The lowest BCUT2D eigenvalue weighted by molar-refractivity contribution is 0.0910. The molecule has 0 aromatic heterocycles. The van der Waals surface area contributed by atoms with E-state index in [2.05, 4.69) is 50.1 Å². The van der Waals surface area contributed by atoms with Gasteiger partial charge in [-0.3, -0.25) is 4.90 Å². The topological polar surface area (TPSA) is 23.5 Å².